The van der Waals surface area contributed by atoms with Crippen molar-refractivity contribution in [2.24, 2.45) is 11.0 Å². The first-order valence-electron chi connectivity index (χ1n) is 7.91. The standard InChI is InChI=1S/C18H16N4O4/c1-11-15(12-6-3-2-4-7-12)16(18(24)21-20-11)17(23)19-13-8-5-9-14(10-13)22(25)26/h2-10,15-16H,1H3,(H,19,23)(H,21,24). The number of rotatable bonds is 4. The first-order chi connectivity index (χ1) is 12.5. The van der Waals surface area contributed by atoms with Gasteiger partial charge < -0.3 is 5.32 Å². The molecular weight excluding hydrogens is 336 g/mol. The van der Waals surface area contributed by atoms with Crippen molar-refractivity contribution in [3.63, 3.8) is 0 Å². The van der Waals surface area contributed by atoms with Crippen molar-refractivity contribution in [1.29, 1.82) is 0 Å². The van der Waals surface area contributed by atoms with E-state index in [9.17, 15) is 19.7 Å². The zero-order chi connectivity index (χ0) is 18.7. The van der Waals surface area contributed by atoms with Crippen LogP contribution >= 0.6 is 0 Å². The zero-order valence-electron chi connectivity index (χ0n) is 13.9. The number of amides is 2. The summed E-state index contributed by atoms with van der Waals surface area (Å²) in [6, 6.07) is 14.7. The average Bonchev–Trinajstić information content (AvgIpc) is 2.64. The van der Waals surface area contributed by atoms with Crippen molar-refractivity contribution < 1.29 is 14.5 Å². The van der Waals surface area contributed by atoms with E-state index in [0.717, 1.165) is 5.56 Å². The highest BCUT2D eigenvalue weighted by Gasteiger charge is 2.40. The number of nitrogens with one attached hydrogen (secondary N) is 2. The molecule has 1 heterocycles. The Morgan fingerprint density at radius 2 is 1.92 bits per heavy atom. The van der Waals surface area contributed by atoms with Gasteiger partial charge in [0.15, 0.2) is 0 Å². The van der Waals surface area contributed by atoms with Gasteiger partial charge in [0.25, 0.3) is 11.6 Å². The number of nitro groups is 1. The smallest absolute Gasteiger partial charge is 0.271 e. The Kier molecular flexibility index (Phi) is 4.74. The van der Waals surface area contributed by atoms with Crippen molar-refractivity contribution >= 4 is 28.9 Å². The van der Waals surface area contributed by atoms with Gasteiger partial charge in [0.05, 0.1) is 4.92 Å². The van der Waals surface area contributed by atoms with E-state index in [4.69, 9.17) is 0 Å². The van der Waals surface area contributed by atoms with E-state index in [2.05, 4.69) is 15.8 Å². The Labute approximate surface area is 149 Å². The molecule has 1 aliphatic heterocycles. The first-order valence-corrected chi connectivity index (χ1v) is 7.91. The van der Waals surface area contributed by atoms with Gasteiger partial charge in [-0.2, -0.15) is 5.10 Å². The van der Waals surface area contributed by atoms with E-state index >= 15 is 0 Å². The van der Waals surface area contributed by atoms with Crippen LogP contribution in [0.1, 0.15) is 18.4 Å². The van der Waals surface area contributed by atoms with Crippen molar-refractivity contribution in [2.75, 3.05) is 5.32 Å². The molecule has 1 aliphatic rings. The van der Waals surface area contributed by atoms with E-state index in [1.165, 1.54) is 24.3 Å². The maximum atomic E-state index is 12.8. The summed E-state index contributed by atoms with van der Waals surface area (Å²) in [7, 11) is 0. The van der Waals surface area contributed by atoms with Crippen LogP contribution in [-0.2, 0) is 9.59 Å². The van der Waals surface area contributed by atoms with Crippen LogP contribution in [0.4, 0.5) is 11.4 Å². The van der Waals surface area contributed by atoms with Gasteiger partial charge >= 0.3 is 0 Å². The minimum absolute atomic E-state index is 0.145. The lowest BCUT2D eigenvalue weighted by molar-refractivity contribution is -0.384. The molecule has 2 atom stereocenters. The maximum Gasteiger partial charge on any atom is 0.271 e. The van der Waals surface area contributed by atoms with Crippen LogP contribution in [0.5, 0.6) is 0 Å². The van der Waals surface area contributed by atoms with E-state index < -0.39 is 28.6 Å². The fraction of sp³-hybridized carbons (Fsp3) is 0.167. The van der Waals surface area contributed by atoms with Crippen molar-refractivity contribution in [3.05, 3.63) is 70.3 Å². The molecule has 0 spiro atoms. The average molecular weight is 352 g/mol. The summed E-state index contributed by atoms with van der Waals surface area (Å²) < 4.78 is 0. The Balaban J connectivity index is 1.91. The fourth-order valence-electron chi connectivity index (χ4n) is 2.96. The Morgan fingerprint density at radius 3 is 2.62 bits per heavy atom. The molecule has 0 aromatic heterocycles. The number of nitro benzene ring substituents is 1. The third kappa shape index (κ3) is 3.44. The van der Waals surface area contributed by atoms with Gasteiger partial charge in [-0.3, -0.25) is 19.7 Å². The van der Waals surface area contributed by atoms with E-state index in [0.29, 0.717) is 5.71 Å². The summed E-state index contributed by atoms with van der Waals surface area (Å²) >= 11 is 0. The van der Waals surface area contributed by atoms with Crippen LogP contribution in [0.3, 0.4) is 0 Å². The van der Waals surface area contributed by atoms with Gasteiger partial charge in [0.2, 0.25) is 5.91 Å². The lowest BCUT2D eigenvalue weighted by Gasteiger charge is -2.28. The number of hydrogen-bond acceptors (Lipinski definition) is 5. The minimum atomic E-state index is -1.03. The van der Waals surface area contributed by atoms with Gasteiger partial charge in [-0.25, -0.2) is 5.43 Å². The Hall–Kier alpha value is -3.55. The van der Waals surface area contributed by atoms with Crippen LogP contribution < -0.4 is 10.7 Å². The Bertz CT molecular complexity index is 895. The van der Waals surface area contributed by atoms with Gasteiger partial charge in [0, 0.05) is 29.4 Å². The van der Waals surface area contributed by atoms with E-state index in [-0.39, 0.29) is 11.4 Å². The number of carbonyl (C=O) groups is 2. The van der Waals surface area contributed by atoms with Crippen molar-refractivity contribution in [2.45, 2.75) is 12.8 Å². The van der Waals surface area contributed by atoms with Crippen LogP contribution in [-0.4, -0.2) is 22.4 Å². The lowest BCUT2D eigenvalue weighted by Crippen LogP contribution is -2.46. The molecule has 2 N–H and O–H groups in total. The Morgan fingerprint density at radius 1 is 1.19 bits per heavy atom. The number of hydrazone groups is 1. The summed E-state index contributed by atoms with van der Waals surface area (Å²) in [6.45, 7) is 1.74. The molecule has 0 saturated carbocycles. The summed E-state index contributed by atoms with van der Waals surface area (Å²) in [6.07, 6.45) is 0. The quantitative estimate of drug-likeness (QED) is 0.500. The van der Waals surface area contributed by atoms with Crippen molar-refractivity contribution in [1.82, 2.24) is 5.43 Å². The molecule has 26 heavy (non-hydrogen) atoms. The molecule has 0 bridgehead atoms. The molecule has 132 valence electrons. The second-order valence-electron chi connectivity index (χ2n) is 5.89. The number of non-ortho nitro benzene ring substituents is 1. The van der Waals surface area contributed by atoms with Crippen LogP contribution in [0.25, 0.3) is 0 Å². The largest absolute Gasteiger partial charge is 0.325 e. The van der Waals surface area contributed by atoms with Crippen molar-refractivity contribution in [3.8, 4) is 0 Å². The maximum absolute atomic E-state index is 12.8. The lowest BCUT2D eigenvalue weighted by atomic mass is 9.81. The molecule has 0 saturated heterocycles. The summed E-state index contributed by atoms with van der Waals surface area (Å²) in [4.78, 5) is 35.5. The highest BCUT2D eigenvalue weighted by Crippen LogP contribution is 2.30. The highest BCUT2D eigenvalue weighted by molar-refractivity contribution is 6.13. The van der Waals surface area contributed by atoms with Crippen LogP contribution in [0, 0.1) is 16.0 Å². The van der Waals surface area contributed by atoms with Crippen LogP contribution in [0.2, 0.25) is 0 Å². The van der Waals surface area contributed by atoms with E-state index in [1.807, 2.05) is 30.3 Å². The summed E-state index contributed by atoms with van der Waals surface area (Å²) in [5.41, 5.74) is 3.87. The third-order valence-electron chi connectivity index (χ3n) is 4.17. The molecule has 3 rings (SSSR count). The van der Waals surface area contributed by atoms with Gasteiger partial charge in [-0.15, -0.1) is 0 Å². The topological polar surface area (TPSA) is 114 Å². The molecule has 2 aromatic carbocycles. The molecular formula is C18H16N4O4. The zero-order valence-corrected chi connectivity index (χ0v) is 13.9. The summed E-state index contributed by atoms with van der Waals surface area (Å²) in [5, 5.41) is 17.5. The molecule has 0 radical (unpaired) electrons. The summed E-state index contributed by atoms with van der Waals surface area (Å²) in [5.74, 6) is -2.61. The second kappa shape index (κ2) is 7.14. The van der Waals surface area contributed by atoms with Gasteiger partial charge in [-0.05, 0) is 18.6 Å². The molecule has 2 aromatic rings. The normalized spacial score (nSPS) is 19.3. The number of hydrogen-bond donors (Lipinski definition) is 2. The number of anilines is 1. The monoisotopic (exact) mass is 352 g/mol. The fourth-order valence-corrected chi connectivity index (χ4v) is 2.96. The second-order valence-corrected chi connectivity index (χ2v) is 5.89. The minimum Gasteiger partial charge on any atom is -0.325 e. The highest BCUT2D eigenvalue weighted by atomic mass is 16.6. The molecule has 2 unspecified atom stereocenters. The third-order valence-corrected chi connectivity index (χ3v) is 4.17. The molecule has 0 fully saturated rings. The predicted molar refractivity (Wildman–Crippen MR) is 95.7 cm³/mol. The van der Waals surface area contributed by atoms with Gasteiger partial charge in [-0.1, -0.05) is 36.4 Å². The number of benzene rings is 2. The predicted octanol–water partition coefficient (Wildman–Crippen LogP) is 2.44. The SMILES string of the molecule is CC1=NNC(=O)C(C(=O)Nc2cccc([N+](=O)[O-])c2)C1c1ccccc1. The van der Waals surface area contributed by atoms with E-state index in [1.54, 1.807) is 6.92 Å². The number of carbonyl (C=O) groups excluding carboxylic acids is 2. The molecule has 8 nitrogen and oxygen atoms in total. The van der Waals surface area contributed by atoms with Crippen LogP contribution in [0.15, 0.2) is 59.7 Å². The molecule has 0 aliphatic carbocycles. The molecule has 8 heteroatoms. The number of nitrogens with zero attached hydrogens (tertiary/aromatic N) is 2. The molecule has 2 amide bonds. The first kappa shape index (κ1) is 17.3. The van der Waals surface area contributed by atoms with Gasteiger partial charge in [0.1, 0.15) is 5.92 Å².